The molecule has 3 aromatic rings. The maximum Gasteiger partial charge on any atom is 0.263 e. The second-order valence-corrected chi connectivity index (χ2v) is 7.89. The van der Waals surface area contributed by atoms with Crippen molar-refractivity contribution in [2.45, 2.75) is 13.3 Å². The largest absolute Gasteiger partial charge is 0.496 e. The first-order valence-electron chi connectivity index (χ1n) is 8.78. The molecule has 0 aliphatic carbocycles. The van der Waals surface area contributed by atoms with Crippen LogP contribution in [0, 0.1) is 0 Å². The molecule has 0 bridgehead atoms. The van der Waals surface area contributed by atoms with E-state index in [4.69, 9.17) is 26.9 Å². The Morgan fingerprint density at radius 1 is 1.18 bits per heavy atom. The molecule has 5 nitrogen and oxygen atoms in total. The summed E-state index contributed by atoms with van der Waals surface area (Å²) in [6, 6.07) is 13.6. The Balaban J connectivity index is 1.87. The number of aromatic nitrogens is 2. The van der Waals surface area contributed by atoms with Gasteiger partial charge in [-0.1, -0.05) is 49.1 Å². The molecule has 0 unspecified atom stereocenters. The van der Waals surface area contributed by atoms with Crippen molar-refractivity contribution in [3.05, 3.63) is 58.6 Å². The van der Waals surface area contributed by atoms with E-state index < -0.39 is 0 Å². The third-order valence-corrected chi connectivity index (χ3v) is 5.56. The van der Waals surface area contributed by atoms with E-state index in [1.165, 1.54) is 11.8 Å². The third-order valence-electron chi connectivity index (χ3n) is 4.40. The van der Waals surface area contributed by atoms with Gasteiger partial charge in [-0.3, -0.25) is 4.79 Å². The number of nitrogens with one attached hydrogen (secondary N) is 1. The molecule has 7 heteroatoms. The fourth-order valence-electron chi connectivity index (χ4n) is 3.07. The van der Waals surface area contributed by atoms with E-state index in [1.807, 2.05) is 48.5 Å². The molecule has 140 valence electrons. The number of fused-ring (bicyclic) bond motifs is 1. The summed E-state index contributed by atoms with van der Waals surface area (Å²) in [4.78, 5) is 22.2. The minimum absolute atomic E-state index is 0.174. The summed E-state index contributed by atoms with van der Waals surface area (Å²) in [6.07, 6.45) is 2.57. The number of hydrogen-bond acceptors (Lipinski definition) is 6. The summed E-state index contributed by atoms with van der Waals surface area (Å²) in [6.45, 7) is 2.06. The van der Waals surface area contributed by atoms with Gasteiger partial charge < -0.3 is 10.1 Å². The molecule has 1 amide bonds. The van der Waals surface area contributed by atoms with Crippen LogP contribution in [0.4, 0.5) is 0 Å². The molecule has 1 saturated heterocycles. The predicted molar refractivity (Wildman–Crippen MR) is 117 cm³/mol. The Bertz CT molecular complexity index is 1140. The first-order chi connectivity index (χ1) is 13.6. The van der Waals surface area contributed by atoms with E-state index in [1.54, 1.807) is 7.11 Å². The number of aryl methyl sites for hydroxylation is 1. The van der Waals surface area contributed by atoms with E-state index in [0.717, 1.165) is 40.0 Å². The zero-order valence-electron chi connectivity index (χ0n) is 15.4. The van der Waals surface area contributed by atoms with Crippen molar-refractivity contribution < 1.29 is 9.53 Å². The fourth-order valence-corrected chi connectivity index (χ4v) is 4.12. The topological polar surface area (TPSA) is 64.1 Å². The highest BCUT2D eigenvalue weighted by molar-refractivity contribution is 8.26. The minimum Gasteiger partial charge on any atom is -0.496 e. The molecule has 0 saturated carbocycles. The maximum absolute atomic E-state index is 12.0. The van der Waals surface area contributed by atoms with Crippen LogP contribution < -0.4 is 10.1 Å². The smallest absolute Gasteiger partial charge is 0.263 e. The molecule has 0 spiro atoms. The lowest BCUT2D eigenvalue weighted by molar-refractivity contribution is -0.115. The first-order valence-corrected chi connectivity index (χ1v) is 10.0. The molecule has 1 fully saturated rings. The number of nitrogens with zero attached hydrogens (tertiary/aromatic N) is 2. The Morgan fingerprint density at radius 2 is 1.93 bits per heavy atom. The number of carbonyl (C=O) groups is 1. The Hall–Kier alpha value is -2.77. The summed E-state index contributed by atoms with van der Waals surface area (Å²) < 4.78 is 6.05. The Morgan fingerprint density at radius 3 is 2.57 bits per heavy atom. The van der Waals surface area contributed by atoms with E-state index in [-0.39, 0.29) is 5.91 Å². The number of benzene rings is 2. The van der Waals surface area contributed by atoms with Crippen molar-refractivity contribution in [3.63, 3.8) is 0 Å². The third kappa shape index (κ3) is 3.50. The van der Waals surface area contributed by atoms with Crippen LogP contribution in [0.5, 0.6) is 5.75 Å². The van der Waals surface area contributed by atoms with Crippen LogP contribution in [0.3, 0.4) is 0 Å². The average molecular weight is 408 g/mol. The van der Waals surface area contributed by atoms with Gasteiger partial charge in [0.1, 0.15) is 10.1 Å². The monoisotopic (exact) mass is 407 g/mol. The van der Waals surface area contributed by atoms with Crippen LogP contribution in [-0.4, -0.2) is 27.3 Å². The molecule has 2 heterocycles. The lowest BCUT2D eigenvalue weighted by atomic mass is 10.0. The van der Waals surface area contributed by atoms with Crippen molar-refractivity contribution in [2.75, 3.05) is 7.11 Å². The Kier molecular flexibility index (Phi) is 5.11. The van der Waals surface area contributed by atoms with Gasteiger partial charge >= 0.3 is 0 Å². The van der Waals surface area contributed by atoms with Crippen LogP contribution in [0.2, 0.25) is 0 Å². The van der Waals surface area contributed by atoms with Crippen LogP contribution >= 0.6 is 24.0 Å². The highest BCUT2D eigenvalue weighted by Crippen LogP contribution is 2.34. The van der Waals surface area contributed by atoms with Gasteiger partial charge in [-0.25, -0.2) is 9.97 Å². The SMILES string of the molecule is CCc1nc2ccccc2nc1-c1cc(C=C2SC(=S)NC2=O)ccc1OC. The predicted octanol–water partition coefficient (Wildman–Crippen LogP) is 4.36. The number of amides is 1. The summed E-state index contributed by atoms with van der Waals surface area (Å²) in [5.74, 6) is 0.535. The molecule has 0 atom stereocenters. The molecule has 1 N–H and O–H groups in total. The summed E-state index contributed by atoms with van der Waals surface area (Å²) in [5, 5.41) is 2.63. The molecule has 28 heavy (non-hydrogen) atoms. The summed E-state index contributed by atoms with van der Waals surface area (Å²) in [5.41, 5.74) is 5.10. The number of para-hydroxylation sites is 2. The molecular formula is C21H17N3O2S2. The van der Waals surface area contributed by atoms with Crippen LogP contribution in [0.15, 0.2) is 47.4 Å². The zero-order valence-corrected chi connectivity index (χ0v) is 17.0. The van der Waals surface area contributed by atoms with Gasteiger partial charge in [-0.15, -0.1) is 0 Å². The van der Waals surface area contributed by atoms with Gasteiger partial charge in [0.25, 0.3) is 5.91 Å². The lowest BCUT2D eigenvalue weighted by Crippen LogP contribution is -2.17. The van der Waals surface area contributed by atoms with Gasteiger partial charge in [0.15, 0.2) is 0 Å². The normalized spacial score (nSPS) is 15.3. The van der Waals surface area contributed by atoms with Gasteiger partial charge in [-0.2, -0.15) is 0 Å². The standard InChI is InChI=1S/C21H17N3O2S2/c1-3-14-19(23-16-7-5-4-6-15(16)22-14)13-10-12(8-9-17(13)26-2)11-18-20(25)24-21(27)28-18/h4-11H,3H2,1-2H3,(H,24,25,27). The van der Waals surface area contributed by atoms with Crippen molar-refractivity contribution in [2.24, 2.45) is 0 Å². The molecular weight excluding hydrogens is 390 g/mol. The average Bonchev–Trinajstić information content (AvgIpc) is 3.03. The first kappa shape index (κ1) is 18.6. The Labute approximate surface area is 172 Å². The van der Waals surface area contributed by atoms with Crippen LogP contribution in [0.1, 0.15) is 18.2 Å². The van der Waals surface area contributed by atoms with Crippen molar-refractivity contribution in [1.29, 1.82) is 0 Å². The number of methoxy groups -OCH3 is 1. The number of rotatable bonds is 4. The quantitative estimate of drug-likeness (QED) is 0.512. The number of thioether (sulfide) groups is 1. The fraction of sp³-hybridized carbons (Fsp3) is 0.143. The number of carbonyl (C=O) groups excluding carboxylic acids is 1. The molecule has 0 radical (unpaired) electrons. The molecule has 1 aliphatic rings. The number of ether oxygens (including phenoxy) is 1. The molecule has 1 aromatic heterocycles. The van der Waals surface area contributed by atoms with Crippen LogP contribution in [0.25, 0.3) is 28.4 Å². The highest BCUT2D eigenvalue weighted by Gasteiger charge is 2.22. The summed E-state index contributed by atoms with van der Waals surface area (Å²) >= 11 is 6.32. The van der Waals surface area contributed by atoms with E-state index in [9.17, 15) is 4.79 Å². The maximum atomic E-state index is 12.0. The molecule has 2 aromatic carbocycles. The van der Waals surface area contributed by atoms with E-state index in [0.29, 0.717) is 15.0 Å². The van der Waals surface area contributed by atoms with Crippen molar-refractivity contribution >= 4 is 51.3 Å². The van der Waals surface area contributed by atoms with E-state index in [2.05, 4.69) is 12.2 Å². The number of thiocarbonyl (C=S) groups is 1. The molecule has 4 rings (SSSR count). The second-order valence-electron chi connectivity index (χ2n) is 6.17. The van der Waals surface area contributed by atoms with Crippen molar-refractivity contribution in [1.82, 2.24) is 15.3 Å². The number of hydrogen-bond donors (Lipinski definition) is 1. The molecule has 1 aliphatic heterocycles. The minimum atomic E-state index is -0.174. The highest BCUT2D eigenvalue weighted by atomic mass is 32.2. The van der Waals surface area contributed by atoms with Gasteiger partial charge in [-0.05, 0) is 42.3 Å². The van der Waals surface area contributed by atoms with Crippen molar-refractivity contribution in [3.8, 4) is 17.0 Å². The zero-order chi connectivity index (χ0) is 19.7. The van der Waals surface area contributed by atoms with Gasteiger partial charge in [0, 0.05) is 5.56 Å². The van der Waals surface area contributed by atoms with Gasteiger partial charge in [0.05, 0.1) is 34.4 Å². The van der Waals surface area contributed by atoms with Gasteiger partial charge in [0.2, 0.25) is 0 Å². The lowest BCUT2D eigenvalue weighted by Gasteiger charge is -2.13. The summed E-state index contributed by atoms with van der Waals surface area (Å²) in [7, 11) is 1.63. The van der Waals surface area contributed by atoms with Crippen LogP contribution in [-0.2, 0) is 11.2 Å². The van der Waals surface area contributed by atoms with E-state index >= 15 is 0 Å². The second kappa shape index (κ2) is 7.69.